The molecule has 0 aromatic heterocycles. The Labute approximate surface area is 92.8 Å². The first-order valence-electron chi connectivity index (χ1n) is 5.74. The molecule has 1 unspecified atom stereocenters. The van der Waals surface area contributed by atoms with Gasteiger partial charge in [-0.2, -0.15) is 0 Å². The van der Waals surface area contributed by atoms with Crippen molar-refractivity contribution in [1.29, 1.82) is 0 Å². The van der Waals surface area contributed by atoms with Crippen LogP contribution in [0.3, 0.4) is 0 Å². The van der Waals surface area contributed by atoms with Crippen molar-refractivity contribution in [1.82, 2.24) is 4.90 Å². The van der Waals surface area contributed by atoms with Crippen molar-refractivity contribution in [2.45, 2.75) is 33.6 Å². The number of carbonyl (C=O) groups is 1. The second kappa shape index (κ2) is 4.97. The summed E-state index contributed by atoms with van der Waals surface area (Å²) in [4.78, 5) is 13.8. The quantitative estimate of drug-likeness (QED) is 0.701. The molecule has 1 heterocycles. The Hall–Kier alpha value is -0.570. The third kappa shape index (κ3) is 3.82. The molecule has 3 heteroatoms. The van der Waals surface area contributed by atoms with Crippen molar-refractivity contribution in [3.8, 4) is 0 Å². The summed E-state index contributed by atoms with van der Waals surface area (Å²) in [7, 11) is 1.89. The van der Waals surface area contributed by atoms with Gasteiger partial charge in [0.2, 0.25) is 5.91 Å². The first kappa shape index (κ1) is 12.5. The molecule has 3 nitrogen and oxygen atoms in total. The number of hydrogen-bond acceptors (Lipinski definition) is 2. The van der Waals surface area contributed by atoms with Crippen molar-refractivity contribution in [2.75, 3.05) is 26.8 Å². The molecular weight excluding hydrogens is 190 g/mol. The van der Waals surface area contributed by atoms with Crippen LogP contribution in [0.15, 0.2) is 0 Å². The lowest BCUT2D eigenvalue weighted by molar-refractivity contribution is -0.139. The average molecular weight is 213 g/mol. The zero-order valence-corrected chi connectivity index (χ0v) is 10.4. The maximum Gasteiger partial charge on any atom is 0.227 e. The second-order valence-corrected chi connectivity index (χ2v) is 5.52. The number of ether oxygens (including phenoxy) is 1. The van der Waals surface area contributed by atoms with E-state index in [2.05, 4.69) is 0 Å². The number of nitrogens with zero attached hydrogens (tertiary/aromatic N) is 1. The summed E-state index contributed by atoms with van der Waals surface area (Å²) in [5, 5.41) is 0. The van der Waals surface area contributed by atoms with E-state index >= 15 is 0 Å². The van der Waals surface area contributed by atoms with E-state index in [1.165, 1.54) is 6.42 Å². The molecule has 0 aromatic carbocycles. The molecule has 88 valence electrons. The molecule has 1 rings (SSSR count). The van der Waals surface area contributed by atoms with Gasteiger partial charge in [-0.15, -0.1) is 0 Å². The summed E-state index contributed by atoms with van der Waals surface area (Å²) in [5.41, 5.74) is -0.274. The lowest BCUT2D eigenvalue weighted by atomic mass is 9.94. The van der Waals surface area contributed by atoms with Gasteiger partial charge in [-0.25, -0.2) is 0 Å². The largest absolute Gasteiger partial charge is 0.381 e. The Balaban J connectivity index is 2.40. The molecule has 0 spiro atoms. The molecule has 1 fully saturated rings. The first-order chi connectivity index (χ1) is 6.91. The topological polar surface area (TPSA) is 29.5 Å². The molecule has 1 saturated heterocycles. The molecule has 0 N–H and O–H groups in total. The summed E-state index contributed by atoms with van der Waals surface area (Å²) in [6.07, 6.45) is 2.31. The maximum absolute atomic E-state index is 11.9. The van der Waals surface area contributed by atoms with Gasteiger partial charge >= 0.3 is 0 Å². The molecule has 1 atom stereocenters. The van der Waals surface area contributed by atoms with Crippen LogP contribution in [-0.4, -0.2) is 37.6 Å². The predicted molar refractivity (Wildman–Crippen MR) is 60.6 cm³/mol. The van der Waals surface area contributed by atoms with Crippen molar-refractivity contribution >= 4 is 5.91 Å². The van der Waals surface area contributed by atoms with E-state index in [0.717, 1.165) is 26.2 Å². The van der Waals surface area contributed by atoms with Gasteiger partial charge in [0.25, 0.3) is 0 Å². The number of amides is 1. The second-order valence-electron chi connectivity index (χ2n) is 5.52. The highest BCUT2D eigenvalue weighted by molar-refractivity contribution is 5.81. The molecule has 15 heavy (non-hydrogen) atoms. The molecule has 0 saturated carbocycles. The van der Waals surface area contributed by atoms with Crippen LogP contribution in [0.25, 0.3) is 0 Å². The van der Waals surface area contributed by atoms with Crippen molar-refractivity contribution in [3.05, 3.63) is 0 Å². The maximum atomic E-state index is 11.9. The third-order valence-corrected chi connectivity index (χ3v) is 2.77. The van der Waals surface area contributed by atoms with Gasteiger partial charge in [0.05, 0.1) is 6.61 Å². The standard InChI is InChI=1S/C12H23NO2/c1-12(2,3)11(14)13(4)8-10-6-5-7-15-9-10/h10H,5-9H2,1-4H3. The minimum absolute atomic E-state index is 0.216. The van der Waals surface area contributed by atoms with E-state index < -0.39 is 0 Å². The molecule has 1 amide bonds. The summed E-state index contributed by atoms with van der Waals surface area (Å²) in [5.74, 6) is 0.739. The van der Waals surface area contributed by atoms with Gasteiger partial charge in [0, 0.05) is 25.6 Å². The summed E-state index contributed by atoms with van der Waals surface area (Å²) >= 11 is 0. The van der Waals surface area contributed by atoms with Gasteiger partial charge in [-0.1, -0.05) is 20.8 Å². The summed E-state index contributed by atoms with van der Waals surface area (Å²) in [6, 6.07) is 0. The Bertz CT molecular complexity index is 214. The number of rotatable bonds is 2. The van der Waals surface area contributed by atoms with E-state index in [4.69, 9.17) is 4.74 Å². The Morgan fingerprint density at radius 2 is 2.13 bits per heavy atom. The molecule has 0 bridgehead atoms. The zero-order chi connectivity index (χ0) is 11.5. The van der Waals surface area contributed by atoms with Crippen LogP contribution in [0.5, 0.6) is 0 Å². The summed E-state index contributed by atoms with van der Waals surface area (Å²) in [6.45, 7) is 8.40. The lowest BCUT2D eigenvalue weighted by Gasteiger charge is -2.31. The molecular formula is C12H23NO2. The van der Waals surface area contributed by atoms with Crippen molar-refractivity contribution in [3.63, 3.8) is 0 Å². The molecule has 1 aliphatic rings. The van der Waals surface area contributed by atoms with Crippen molar-refractivity contribution in [2.24, 2.45) is 11.3 Å². The van der Waals surface area contributed by atoms with Gasteiger partial charge < -0.3 is 9.64 Å². The molecule has 0 aromatic rings. The van der Waals surface area contributed by atoms with Crippen LogP contribution in [-0.2, 0) is 9.53 Å². The fourth-order valence-corrected chi connectivity index (χ4v) is 1.99. The van der Waals surface area contributed by atoms with E-state index in [1.807, 2.05) is 32.7 Å². The van der Waals surface area contributed by atoms with E-state index in [-0.39, 0.29) is 11.3 Å². The predicted octanol–water partition coefficient (Wildman–Crippen LogP) is 1.92. The minimum atomic E-state index is -0.274. The SMILES string of the molecule is CN(CC1CCCOC1)C(=O)C(C)(C)C. The normalized spacial score (nSPS) is 22.5. The van der Waals surface area contributed by atoms with Crippen LogP contribution >= 0.6 is 0 Å². The third-order valence-electron chi connectivity index (χ3n) is 2.77. The van der Waals surface area contributed by atoms with Crippen molar-refractivity contribution < 1.29 is 9.53 Å². The average Bonchev–Trinajstić information content (AvgIpc) is 2.16. The van der Waals surface area contributed by atoms with Gasteiger partial charge in [0.15, 0.2) is 0 Å². The van der Waals surface area contributed by atoms with E-state index in [9.17, 15) is 4.79 Å². The van der Waals surface area contributed by atoms with Crippen LogP contribution in [0, 0.1) is 11.3 Å². The van der Waals surface area contributed by atoms with Crippen LogP contribution in [0.1, 0.15) is 33.6 Å². The van der Waals surface area contributed by atoms with Gasteiger partial charge in [-0.05, 0) is 18.8 Å². The molecule has 1 aliphatic heterocycles. The van der Waals surface area contributed by atoms with Crippen LogP contribution in [0.2, 0.25) is 0 Å². The fourth-order valence-electron chi connectivity index (χ4n) is 1.99. The highest BCUT2D eigenvalue weighted by Crippen LogP contribution is 2.19. The number of hydrogen-bond donors (Lipinski definition) is 0. The lowest BCUT2D eigenvalue weighted by Crippen LogP contribution is -2.40. The Kier molecular flexibility index (Phi) is 4.14. The highest BCUT2D eigenvalue weighted by Gasteiger charge is 2.27. The smallest absolute Gasteiger partial charge is 0.227 e. The van der Waals surface area contributed by atoms with E-state index in [1.54, 1.807) is 0 Å². The minimum Gasteiger partial charge on any atom is -0.381 e. The fraction of sp³-hybridized carbons (Fsp3) is 0.917. The first-order valence-corrected chi connectivity index (χ1v) is 5.74. The number of carbonyl (C=O) groups excluding carboxylic acids is 1. The van der Waals surface area contributed by atoms with Gasteiger partial charge in [-0.3, -0.25) is 4.79 Å². The zero-order valence-electron chi connectivity index (χ0n) is 10.4. The highest BCUT2D eigenvalue weighted by atomic mass is 16.5. The Morgan fingerprint density at radius 1 is 1.47 bits per heavy atom. The Morgan fingerprint density at radius 3 is 2.60 bits per heavy atom. The molecule has 0 radical (unpaired) electrons. The van der Waals surface area contributed by atoms with Gasteiger partial charge in [0.1, 0.15) is 0 Å². The van der Waals surface area contributed by atoms with E-state index in [0.29, 0.717) is 5.92 Å². The monoisotopic (exact) mass is 213 g/mol. The summed E-state index contributed by atoms with van der Waals surface area (Å²) < 4.78 is 5.41. The van der Waals surface area contributed by atoms with Crippen LogP contribution < -0.4 is 0 Å². The molecule has 0 aliphatic carbocycles. The van der Waals surface area contributed by atoms with Crippen LogP contribution in [0.4, 0.5) is 0 Å².